The van der Waals surface area contributed by atoms with Gasteiger partial charge in [0.2, 0.25) is 4.96 Å². The molecule has 0 N–H and O–H groups in total. The van der Waals surface area contributed by atoms with Gasteiger partial charge in [0.25, 0.3) is 0 Å². The molecular formula is C20H20N4O2S. The van der Waals surface area contributed by atoms with Gasteiger partial charge in [0.1, 0.15) is 5.01 Å². The van der Waals surface area contributed by atoms with Crippen LogP contribution in [-0.2, 0) is 6.42 Å². The van der Waals surface area contributed by atoms with Crippen LogP contribution in [0.3, 0.4) is 0 Å². The van der Waals surface area contributed by atoms with E-state index >= 15 is 0 Å². The fourth-order valence-electron chi connectivity index (χ4n) is 2.93. The molecule has 0 aliphatic heterocycles. The summed E-state index contributed by atoms with van der Waals surface area (Å²) in [5.74, 6) is 2.20. The molecule has 0 amide bonds. The molecule has 0 saturated carbocycles. The SMILES string of the molecule is COc1ccc(Cc2nnc3sc(-c4ccc(C)c(C)c4)nn23)cc1OC. The average Bonchev–Trinajstić information content (AvgIpc) is 3.26. The molecule has 4 aromatic rings. The van der Waals surface area contributed by atoms with E-state index in [1.165, 1.54) is 11.1 Å². The molecule has 4 rings (SSSR count). The first kappa shape index (κ1) is 17.5. The van der Waals surface area contributed by atoms with Crippen LogP contribution in [-0.4, -0.2) is 34.0 Å². The summed E-state index contributed by atoms with van der Waals surface area (Å²) in [6, 6.07) is 12.2. The normalized spacial score (nSPS) is 11.1. The Bertz CT molecular complexity index is 1120. The maximum Gasteiger partial charge on any atom is 0.234 e. The highest BCUT2D eigenvalue weighted by molar-refractivity contribution is 7.19. The number of methoxy groups -OCH3 is 2. The van der Waals surface area contributed by atoms with Gasteiger partial charge < -0.3 is 9.47 Å². The Morgan fingerprint density at radius 2 is 1.74 bits per heavy atom. The van der Waals surface area contributed by atoms with E-state index in [2.05, 4.69) is 42.2 Å². The van der Waals surface area contributed by atoms with Crippen LogP contribution in [0.4, 0.5) is 0 Å². The highest BCUT2D eigenvalue weighted by atomic mass is 32.1. The van der Waals surface area contributed by atoms with Crippen LogP contribution in [0.15, 0.2) is 36.4 Å². The molecule has 6 nitrogen and oxygen atoms in total. The van der Waals surface area contributed by atoms with E-state index in [1.54, 1.807) is 25.6 Å². The second kappa shape index (κ2) is 7.00. The van der Waals surface area contributed by atoms with Gasteiger partial charge in [0.15, 0.2) is 17.3 Å². The van der Waals surface area contributed by atoms with E-state index in [0.29, 0.717) is 17.9 Å². The molecule has 0 bridgehead atoms. The molecule has 138 valence electrons. The van der Waals surface area contributed by atoms with Gasteiger partial charge in [-0.15, -0.1) is 10.2 Å². The first-order valence-corrected chi connectivity index (χ1v) is 9.40. The van der Waals surface area contributed by atoms with Crippen molar-refractivity contribution in [3.05, 3.63) is 58.9 Å². The maximum absolute atomic E-state index is 5.38. The number of aromatic nitrogens is 4. The largest absolute Gasteiger partial charge is 0.493 e. The van der Waals surface area contributed by atoms with Crippen molar-refractivity contribution in [1.29, 1.82) is 0 Å². The van der Waals surface area contributed by atoms with Crippen LogP contribution >= 0.6 is 11.3 Å². The predicted octanol–water partition coefficient (Wildman–Crippen LogP) is 4.08. The van der Waals surface area contributed by atoms with Crippen LogP contribution in [0.1, 0.15) is 22.5 Å². The Morgan fingerprint density at radius 1 is 0.926 bits per heavy atom. The van der Waals surface area contributed by atoms with Gasteiger partial charge >= 0.3 is 0 Å². The molecule has 0 spiro atoms. The first-order valence-electron chi connectivity index (χ1n) is 8.58. The van der Waals surface area contributed by atoms with Crippen LogP contribution < -0.4 is 9.47 Å². The standard InChI is InChI=1S/C20H20N4O2S/c1-12-5-7-15(9-13(12)2)19-23-24-18(21-22-20(24)27-19)11-14-6-8-16(25-3)17(10-14)26-4/h5-10H,11H2,1-4H3. The average molecular weight is 380 g/mol. The summed E-state index contributed by atoms with van der Waals surface area (Å²) in [5, 5.41) is 14.3. The zero-order valence-corrected chi connectivity index (χ0v) is 16.5. The van der Waals surface area contributed by atoms with E-state index in [0.717, 1.165) is 26.9 Å². The smallest absolute Gasteiger partial charge is 0.234 e. The van der Waals surface area contributed by atoms with Crippen LogP contribution in [0, 0.1) is 13.8 Å². The summed E-state index contributed by atoms with van der Waals surface area (Å²) < 4.78 is 12.5. The molecule has 0 radical (unpaired) electrons. The lowest BCUT2D eigenvalue weighted by atomic mass is 10.1. The molecule has 2 aromatic heterocycles. The molecule has 0 aliphatic rings. The Kier molecular flexibility index (Phi) is 4.53. The van der Waals surface area contributed by atoms with Gasteiger partial charge in [-0.2, -0.15) is 9.61 Å². The van der Waals surface area contributed by atoms with E-state index in [-0.39, 0.29) is 0 Å². The number of rotatable bonds is 5. The Morgan fingerprint density at radius 3 is 2.48 bits per heavy atom. The monoisotopic (exact) mass is 380 g/mol. The van der Waals surface area contributed by atoms with E-state index in [4.69, 9.17) is 14.6 Å². The van der Waals surface area contributed by atoms with Crippen molar-refractivity contribution in [2.75, 3.05) is 14.2 Å². The fraction of sp³-hybridized carbons (Fsp3) is 0.250. The molecular weight excluding hydrogens is 360 g/mol. The number of fused-ring (bicyclic) bond motifs is 1. The Balaban J connectivity index is 1.67. The summed E-state index contributed by atoms with van der Waals surface area (Å²) in [4.78, 5) is 0.790. The van der Waals surface area contributed by atoms with Gasteiger partial charge in [0, 0.05) is 12.0 Å². The zero-order chi connectivity index (χ0) is 19.0. The van der Waals surface area contributed by atoms with E-state index < -0.39 is 0 Å². The third kappa shape index (κ3) is 3.26. The number of hydrogen-bond donors (Lipinski definition) is 0. The molecule has 2 heterocycles. The molecule has 0 atom stereocenters. The van der Waals surface area contributed by atoms with Crippen molar-refractivity contribution in [1.82, 2.24) is 19.8 Å². The highest BCUT2D eigenvalue weighted by Crippen LogP contribution is 2.30. The topological polar surface area (TPSA) is 61.5 Å². The third-order valence-corrected chi connectivity index (χ3v) is 5.57. The minimum atomic E-state index is 0.609. The summed E-state index contributed by atoms with van der Waals surface area (Å²) in [7, 11) is 3.26. The van der Waals surface area contributed by atoms with E-state index in [9.17, 15) is 0 Å². The van der Waals surface area contributed by atoms with Crippen molar-refractivity contribution in [3.8, 4) is 22.1 Å². The maximum atomic E-state index is 5.38. The first-order chi connectivity index (χ1) is 13.1. The van der Waals surface area contributed by atoms with Crippen molar-refractivity contribution < 1.29 is 9.47 Å². The second-order valence-corrected chi connectivity index (χ2v) is 7.34. The van der Waals surface area contributed by atoms with E-state index in [1.807, 2.05) is 22.7 Å². The van der Waals surface area contributed by atoms with Crippen molar-refractivity contribution in [2.45, 2.75) is 20.3 Å². The Hall–Kier alpha value is -2.93. The molecule has 0 fully saturated rings. The number of benzene rings is 2. The number of hydrogen-bond acceptors (Lipinski definition) is 6. The molecule has 0 saturated heterocycles. The quantitative estimate of drug-likeness (QED) is 0.522. The minimum Gasteiger partial charge on any atom is -0.493 e. The molecule has 0 unspecified atom stereocenters. The summed E-state index contributed by atoms with van der Waals surface area (Å²) in [6.45, 7) is 4.22. The van der Waals surface area contributed by atoms with Crippen molar-refractivity contribution in [2.24, 2.45) is 0 Å². The highest BCUT2D eigenvalue weighted by Gasteiger charge is 2.15. The fourth-order valence-corrected chi connectivity index (χ4v) is 3.79. The molecule has 0 aliphatic carbocycles. The molecule has 27 heavy (non-hydrogen) atoms. The van der Waals surface area contributed by atoms with Crippen molar-refractivity contribution >= 4 is 16.3 Å². The summed E-state index contributed by atoms with van der Waals surface area (Å²) in [5.41, 5.74) is 4.69. The van der Waals surface area contributed by atoms with Crippen LogP contribution in [0.2, 0.25) is 0 Å². The number of nitrogens with zero attached hydrogens (tertiary/aromatic N) is 4. The third-order valence-electron chi connectivity index (χ3n) is 4.62. The second-order valence-electron chi connectivity index (χ2n) is 6.38. The summed E-state index contributed by atoms with van der Waals surface area (Å²) in [6.07, 6.45) is 0.609. The predicted molar refractivity (Wildman–Crippen MR) is 106 cm³/mol. The molecule has 2 aromatic carbocycles. The van der Waals surface area contributed by atoms with Crippen LogP contribution in [0.5, 0.6) is 11.5 Å². The Labute approximate surface area is 161 Å². The minimum absolute atomic E-state index is 0.609. The zero-order valence-electron chi connectivity index (χ0n) is 15.7. The molecule has 7 heteroatoms. The summed E-state index contributed by atoms with van der Waals surface area (Å²) >= 11 is 1.54. The van der Waals surface area contributed by atoms with Gasteiger partial charge in [0.05, 0.1) is 14.2 Å². The lowest BCUT2D eigenvalue weighted by molar-refractivity contribution is 0.354. The lowest BCUT2D eigenvalue weighted by Gasteiger charge is -2.08. The van der Waals surface area contributed by atoms with Crippen molar-refractivity contribution in [3.63, 3.8) is 0 Å². The number of ether oxygens (including phenoxy) is 2. The lowest BCUT2D eigenvalue weighted by Crippen LogP contribution is -1.99. The van der Waals surface area contributed by atoms with Gasteiger partial charge in [-0.3, -0.25) is 0 Å². The van der Waals surface area contributed by atoms with Crippen LogP contribution in [0.25, 0.3) is 15.5 Å². The van der Waals surface area contributed by atoms with Gasteiger partial charge in [-0.1, -0.05) is 29.5 Å². The van der Waals surface area contributed by atoms with Gasteiger partial charge in [-0.25, -0.2) is 0 Å². The van der Waals surface area contributed by atoms with Gasteiger partial charge in [-0.05, 0) is 48.7 Å². The number of aryl methyl sites for hydroxylation is 2.